The normalized spacial score (nSPS) is 10.4. The molecule has 1 amide bonds. The number of hydrogen-bond acceptors (Lipinski definition) is 6. The van der Waals surface area contributed by atoms with Crippen molar-refractivity contribution in [1.29, 1.82) is 0 Å². The lowest BCUT2D eigenvalue weighted by Gasteiger charge is -2.12. The largest absolute Gasteiger partial charge is 0.452 e. The number of aryl methyl sites for hydroxylation is 3. The van der Waals surface area contributed by atoms with Crippen LogP contribution in [-0.2, 0) is 9.53 Å². The van der Waals surface area contributed by atoms with Crippen molar-refractivity contribution in [2.24, 2.45) is 0 Å². The summed E-state index contributed by atoms with van der Waals surface area (Å²) < 4.78 is 5.12. The third-order valence-corrected chi connectivity index (χ3v) is 5.07. The first-order valence-electron chi connectivity index (χ1n) is 10.1. The van der Waals surface area contributed by atoms with E-state index in [1.54, 1.807) is 25.1 Å². The third kappa shape index (κ3) is 5.48. The van der Waals surface area contributed by atoms with Crippen molar-refractivity contribution in [2.75, 3.05) is 11.9 Å². The van der Waals surface area contributed by atoms with Crippen molar-refractivity contribution in [1.82, 2.24) is 0 Å². The van der Waals surface area contributed by atoms with E-state index < -0.39 is 23.4 Å². The van der Waals surface area contributed by atoms with Crippen LogP contribution in [0, 0.1) is 30.9 Å². The first-order chi connectivity index (χ1) is 15.7. The smallest absolute Gasteiger partial charge is 0.339 e. The second-order valence-corrected chi connectivity index (χ2v) is 7.57. The molecule has 8 heteroatoms. The molecule has 0 unspecified atom stereocenters. The van der Waals surface area contributed by atoms with Gasteiger partial charge in [0.25, 0.3) is 11.6 Å². The molecule has 8 nitrogen and oxygen atoms in total. The zero-order valence-electron chi connectivity index (χ0n) is 18.4. The molecule has 3 aromatic carbocycles. The number of hydrogen-bond donors (Lipinski definition) is 1. The maximum Gasteiger partial charge on any atom is 0.339 e. The number of rotatable bonds is 7. The maximum absolute atomic E-state index is 13.1. The Kier molecular flexibility index (Phi) is 6.97. The summed E-state index contributed by atoms with van der Waals surface area (Å²) in [4.78, 5) is 48.4. The number of non-ortho nitro benzene ring substituents is 1. The first-order valence-corrected chi connectivity index (χ1v) is 10.1. The van der Waals surface area contributed by atoms with E-state index in [1.165, 1.54) is 30.3 Å². The van der Waals surface area contributed by atoms with Gasteiger partial charge in [0.1, 0.15) is 0 Å². The van der Waals surface area contributed by atoms with Crippen LogP contribution in [0.5, 0.6) is 0 Å². The molecule has 0 aliphatic rings. The van der Waals surface area contributed by atoms with Gasteiger partial charge in [-0.3, -0.25) is 19.7 Å². The van der Waals surface area contributed by atoms with Gasteiger partial charge in [0.2, 0.25) is 0 Å². The van der Waals surface area contributed by atoms with Crippen LogP contribution in [0.3, 0.4) is 0 Å². The van der Waals surface area contributed by atoms with Crippen LogP contribution in [0.25, 0.3) is 0 Å². The number of nitro benzene ring substituents is 1. The fourth-order valence-electron chi connectivity index (χ4n) is 3.24. The molecule has 0 radical (unpaired) electrons. The van der Waals surface area contributed by atoms with Gasteiger partial charge in [-0.25, -0.2) is 4.79 Å². The summed E-state index contributed by atoms with van der Waals surface area (Å²) in [5.41, 5.74) is 3.08. The van der Waals surface area contributed by atoms with E-state index in [-0.39, 0.29) is 28.3 Å². The quantitative estimate of drug-likeness (QED) is 0.246. The van der Waals surface area contributed by atoms with E-state index in [9.17, 15) is 24.5 Å². The highest BCUT2D eigenvalue weighted by Crippen LogP contribution is 2.22. The Hall–Kier alpha value is -4.33. The topological polar surface area (TPSA) is 116 Å². The average molecular weight is 446 g/mol. The van der Waals surface area contributed by atoms with Crippen molar-refractivity contribution in [3.63, 3.8) is 0 Å². The Morgan fingerprint density at radius 3 is 2.24 bits per heavy atom. The summed E-state index contributed by atoms with van der Waals surface area (Å²) in [6.45, 7) is 4.75. The molecule has 1 N–H and O–H groups in total. The summed E-state index contributed by atoms with van der Waals surface area (Å²) >= 11 is 0. The number of esters is 1. The standard InChI is InChI=1S/C25H22N2O6/c1-15-8-9-16(2)21(12-15)24(29)19-6-4-5-7-20(19)25(30)33-14-23(28)26-22-13-18(27(31)32)11-10-17(22)3/h4-13H,14H2,1-3H3,(H,26,28). The Labute approximate surface area is 190 Å². The van der Waals surface area contributed by atoms with Gasteiger partial charge in [-0.1, -0.05) is 42.0 Å². The Balaban J connectivity index is 1.74. The average Bonchev–Trinajstić information content (AvgIpc) is 2.79. The van der Waals surface area contributed by atoms with Gasteiger partial charge in [0.05, 0.1) is 16.2 Å². The number of anilines is 1. The van der Waals surface area contributed by atoms with Crippen LogP contribution < -0.4 is 5.32 Å². The first kappa shape index (κ1) is 23.3. The van der Waals surface area contributed by atoms with Crippen LogP contribution in [0.1, 0.15) is 43.0 Å². The third-order valence-electron chi connectivity index (χ3n) is 5.07. The second kappa shape index (κ2) is 9.86. The Morgan fingerprint density at radius 2 is 1.55 bits per heavy atom. The lowest BCUT2D eigenvalue weighted by molar-refractivity contribution is -0.384. The monoisotopic (exact) mass is 446 g/mol. The fourth-order valence-corrected chi connectivity index (χ4v) is 3.24. The lowest BCUT2D eigenvalue weighted by atomic mass is 9.94. The molecule has 0 bridgehead atoms. The van der Waals surface area contributed by atoms with E-state index in [0.29, 0.717) is 11.1 Å². The summed E-state index contributed by atoms with van der Waals surface area (Å²) in [7, 11) is 0. The number of nitro groups is 1. The minimum absolute atomic E-state index is 0.0442. The molecule has 3 aromatic rings. The van der Waals surface area contributed by atoms with Crippen LogP contribution in [0.15, 0.2) is 60.7 Å². The SMILES string of the molecule is Cc1ccc(C)c(C(=O)c2ccccc2C(=O)OCC(=O)Nc2cc([N+](=O)[O-])ccc2C)c1. The highest BCUT2D eigenvalue weighted by molar-refractivity contribution is 6.15. The minimum atomic E-state index is -0.824. The minimum Gasteiger partial charge on any atom is -0.452 e. The summed E-state index contributed by atoms with van der Waals surface area (Å²) in [6, 6.07) is 15.8. The number of carbonyl (C=O) groups is 3. The summed E-state index contributed by atoms with van der Waals surface area (Å²) in [6.07, 6.45) is 0. The second-order valence-electron chi connectivity index (χ2n) is 7.57. The summed E-state index contributed by atoms with van der Waals surface area (Å²) in [5, 5.41) is 13.4. The number of benzene rings is 3. The lowest BCUT2D eigenvalue weighted by Crippen LogP contribution is -2.22. The van der Waals surface area contributed by atoms with Crippen molar-refractivity contribution in [3.05, 3.63) is 104 Å². The van der Waals surface area contributed by atoms with E-state index in [4.69, 9.17) is 4.74 Å². The highest BCUT2D eigenvalue weighted by atomic mass is 16.6. The molecule has 0 spiro atoms. The molecule has 0 fully saturated rings. The van der Waals surface area contributed by atoms with Crippen LogP contribution in [0.2, 0.25) is 0 Å². The molecule has 0 aliphatic carbocycles. The van der Waals surface area contributed by atoms with Gasteiger partial charge >= 0.3 is 5.97 Å². The molecule has 0 saturated heterocycles. The van der Waals surface area contributed by atoms with E-state index in [2.05, 4.69) is 5.32 Å². The van der Waals surface area contributed by atoms with Crippen molar-refractivity contribution < 1.29 is 24.0 Å². The van der Waals surface area contributed by atoms with Gasteiger partial charge in [0, 0.05) is 23.3 Å². The van der Waals surface area contributed by atoms with Crippen LogP contribution in [-0.4, -0.2) is 29.2 Å². The van der Waals surface area contributed by atoms with E-state index >= 15 is 0 Å². The number of ether oxygens (including phenoxy) is 1. The van der Waals surface area contributed by atoms with Crippen LogP contribution >= 0.6 is 0 Å². The fraction of sp³-hybridized carbons (Fsp3) is 0.160. The van der Waals surface area contributed by atoms with E-state index in [1.807, 2.05) is 26.0 Å². The van der Waals surface area contributed by atoms with Crippen LogP contribution in [0.4, 0.5) is 11.4 Å². The molecule has 3 rings (SSSR count). The number of ketones is 1. The van der Waals surface area contributed by atoms with Gasteiger partial charge in [-0.2, -0.15) is 0 Å². The Bertz CT molecular complexity index is 1270. The van der Waals surface area contributed by atoms with Crippen molar-refractivity contribution in [3.8, 4) is 0 Å². The predicted octanol–water partition coefficient (Wildman–Crippen LogP) is 4.55. The van der Waals surface area contributed by atoms with E-state index in [0.717, 1.165) is 11.1 Å². The number of nitrogens with one attached hydrogen (secondary N) is 1. The van der Waals surface area contributed by atoms with Gasteiger partial charge in [-0.05, 0) is 44.0 Å². The number of carbonyl (C=O) groups excluding carboxylic acids is 3. The summed E-state index contributed by atoms with van der Waals surface area (Å²) in [5.74, 6) is -1.80. The predicted molar refractivity (Wildman–Crippen MR) is 123 cm³/mol. The van der Waals surface area contributed by atoms with Crippen molar-refractivity contribution >= 4 is 29.0 Å². The molecule has 0 aliphatic heterocycles. The number of nitrogens with zero attached hydrogens (tertiary/aromatic N) is 1. The molecular weight excluding hydrogens is 424 g/mol. The zero-order valence-corrected chi connectivity index (χ0v) is 18.4. The Morgan fingerprint density at radius 1 is 0.879 bits per heavy atom. The van der Waals surface area contributed by atoms with Gasteiger partial charge in [0.15, 0.2) is 12.4 Å². The molecular formula is C25H22N2O6. The molecule has 168 valence electrons. The highest BCUT2D eigenvalue weighted by Gasteiger charge is 2.21. The molecule has 0 aromatic heterocycles. The zero-order chi connectivity index (χ0) is 24.1. The molecule has 33 heavy (non-hydrogen) atoms. The van der Waals surface area contributed by atoms with Crippen molar-refractivity contribution in [2.45, 2.75) is 20.8 Å². The number of amides is 1. The van der Waals surface area contributed by atoms with Gasteiger partial charge < -0.3 is 10.1 Å². The van der Waals surface area contributed by atoms with Gasteiger partial charge in [-0.15, -0.1) is 0 Å². The molecule has 0 atom stereocenters. The molecule has 0 saturated carbocycles. The molecule has 0 heterocycles. The maximum atomic E-state index is 13.1.